The van der Waals surface area contributed by atoms with Gasteiger partial charge in [-0.1, -0.05) is 13.8 Å². The summed E-state index contributed by atoms with van der Waals surface area (Å²) in [4.78, 5) is 0. The van der Waals surface area contributed by atoms with Crippen molar-refractivity contribution in [3.8, 4) is 0 Å². The fraction of sp³-hybridized carbons (Fsp3) is 0.667. The first-order valence-electron chi connectivity index (χ1n) is 4.32. The van der Waals surface area contributed by atoms with Crippen molar-refractivity contribution in [1.29, 1.82) is 0 Å². The molecule has 1 unspecified atom stereocenters. The van der Waals surface area contributed by atoms with Crippen molar-refractivity contribution in [3.05, 3.63) is 18.0 Å². The van der Waals surface area contributed by atoms with E-state index >= 15 is 0 Å². The van der Waals surface area contributed by atoms with E-state index in [0.29, 0.717) is 12.0 Å². The summed E-state index contributed by atoms with van der Waals surface area (Å²) >= 11 is 0. The van der Waals surface area contributed by atoms with E-state index in [1.54, 1.807) is 6.20 Å². The minimum atomic E-state index is 0.170. The molecule has 0 saturated heterocycles. The van der Waals surface area contributed by atoms with Crippen LogP contribution in [-0.4, -0.2) is 16.7 Å². The maximum atomic E-state index is 5.79. The summed E-state index contributed by atoms with van der Waals surface area (Å²) in [5, 5.41) is 6.98. The molecule has 1 saturated carbocycles. The summed E-state index contributed by atoms with van der Waals surface area (Å²) < 4.78 is 0. The molecule has 66 valence electrons. The van der Waals surface area contributed by atoms with Crippen molar-refractivity contribution in [2.45, 2.75) is 25.7 Å². The topological polar surface area (TPSA) is 54.7 Å². The molecule has 12 heavy (non-hydrogen) atoms. The molecule has 2 rings (SSSR count). The maximum absolute atomic E-state index is 5.79. The van der Waals surface area contributed by atoms with Gasteiger partial charge in [-0.15, -0.1) is 0 Å². The molecule has 1 aromatic rings. The second kappa shape index (κ2) is 2.10. The van der Waals surface area contributed by atoms with Crippen LogP contribution < -0.4 is 5.73 Å². The molecule has 0 aliphatic heterocycles. The molecular weight excluding hydrogens is 150 g/mol. The SMILES string of the molecule is CC1(C)CC1(CN)c1ccn[nH]1. The summed E-state index contributed by atoms with van der Waals surface area (Å²) in [5.41, 5.74) is 7.49. The van der Waals surface area contributed by atoms with Crippen LogP contribution in [0.25, 0.3) is 0 Å². The van der Waals surface area contributed by atoms with Gasteiger partial charge in [-0.2, -0.15) is 5.10 Å². The molecule has 1 fully saturated rings. The fourth-order valence-corrected chi connectivity index (χ4v) is 2.15. The summed E-state index contributed by atoms with van der Waals surface area (Å²) in [6.07, 6.45) is 2.96. The van der Waals surface area contributed by atoms with Gasteiger partial charge in [0.25, 0.3) is 0 Å². The third-order valence-corrected chi connectivity index (χ3v) is 3.28. The van der Waals surface area contributed by atoms with Crippen molar-refractivity contribution < 1.29 is 0 Å². The second-order valence-electron chi connectivity index (χ2n) is 4.32. The average molecular weight is 165 g/mol. The summed E-state index contributed by atoms with van der Waals surface area (Å²) in [5.74, 6) is 0. The van der Waals surface area contributed by atoms with Gasteiger partial charge in [0, 0.05) is 23.9 Å². The Morgan fingerprint density at radius 1 is 1.67 bits per heavy atom. The number of nitrogens with zero attached hydrogens (tertiary/aromatic N) is 1. The Kier molecular flexibility index (Phi) is 1.37. The molecule has 1 heterocycles. The van der Waals surface area contributed by atoms with Gasteiger partial charge in [-0.3, -0.25) is 5.10 Å². The lowest BCUT2D eigenvalue weighted by molar-refractivity contribution is 0.492. The van der Waals surface area contributed by atoms with Gasteiger partial charge in [-0.25, -0.2) is 0 Å². The zero-order valence-electron chi connectivity index (χ0n) is 7.59. The molecule has 3 N–H and O–H groups in total. The van der Waals surface area contributed by atoms with Crippen LogP contribution >= 0.6 is 0 Å². The number of aromatic amines is 1. The van der Waals surface area contributed by atoms with Crippen molar-refractivity contribution >= 4 is 0 Å². The molecule has 0 radical (unpaired) electrons. The third-order valence-electron chi connectivity index (χ3n) is 3.28. The first-order chi connectivity index (χ1) is 5.62. The number of aromatic nitrogens is 2. The van der Waals surface area contributed by atoms with Crippen LogP contribution in [0.5, 0.6) is 0 Å². The molecule has 1 atom stereocenters. The van der Waals surface area contributed by atoms with Crippen LogP contribution in [0.4, 0.5) is 0 Å². The van der Waals surface area contributed by atoms with Gasteiger partial charge in [0.1, 0.15) is 0 Å². The predicted octanol–water partition coefficient (Wildman–Crippen LogP) is 1.04. The van der Waals surface area contributed by atoms with Gasteiger partial charge < -0.3 is 5.73 Å². The van der Waals surface area contributed by atoms with E-state index < -0.39 is 0 Å². The Morgan fingerprint density at radius 3 is 2.67 bits per heavy atom. The highest BCUT2D eigenvalue weighted by Gasteiger charge is 2.61. The number of hydrogen-bond donors (Lipinski definition) is 2. The van der Waals surface area contributed by atoms with E-state index in [-0.39, 0.29) is 5.41 Å². The lowest BCUT2D eigenvalue weighted by Gasteiger charge is -2.15. The van der Waals surface area contributed by atoms with Crippen molar-refractivity contribution in [2.75, 3.05) is 6.54 Å². The Morgan fingerprint density at radius 2 is 2.33 bits per heavy atom. The highest BCUT2D eigenvalue weighted by Crippen LogP contribution is 2.62. The Hall–Kier alpha value is -0.830. The van der Waals surface area contributed by atoms with Gasteiger partial charge in [0.15, 0.2) is 0 Å². The molecule has 1 aliphatic rings. The smallest absolute Gasteiger partial charge is 0.0490 e. The summed E-state index contributed by atoms with van der Waals surface area (Å²) in [6.45, 7) is 5.21. The van der Waals surface area contributed by atoms with Crippen LogP contribution in [0, 0.1) is 5.41 Å². The Labute approximate surface area is 72.4 Å². The zero-order valence-corrected chi connectivity index (χ0v) is 7.59. The summed E-state index contributed by atoms with van der Waals surface area (Å²) in [6, 6.07) is 2.03. The normalized spacial score (nSPS) is 31.9. The predicted molar refractivity (Wildman–Crippen MR) is 47.7 cm³/mol. The number of nitrogens with two attached hydrogens (primary N) is 1. The molecule has 0 aromatic carbocycles. The molecule has 0 bridgehead atoms. The third kappa shape index (κ3) is 0.771. The standard InChI is InChI=1S/C9H15N3/c1-8(2)5-9(8,6-10)7-3-4-11-12-7/h3-4H,5-6,10H2,1-2H3,(H,11,12). The summed E-state index contributed by atoms with van der Waals surface area (Å²) in [7, 11) is 0. The zero-order chi connectivity index (χ0) is 8.82. The monoisotopic (exact) mass is 165 g/mol. The fourth-order valence-electron chi connectivity index (χ4n) is 2.15. The minimum Gasteiger partial charge on any atom is -0.330 e. The molecule has 1 aromatic heterocycles. The first kappa shape index (κ1) is 7.80. The molecule has 3 nitrogen and oxygen atoms in total. The number of H-pyrrole nitrogens is 1. The maximum Gasteiger partial charge on any atom is 0.0490 e. The molecule has 1 aliphatic carbocycles. The first-order valence-corrected chi connectivity index (χ1v) is 4.32. The lowest BCUT2D eigenvalue weighted by Crippen LogP contribution is -2.25. The van der Waals surface area contributed by atoms with E-state index in [9.17, 15) is 0 Å². The van der Waals surface area contributed by atoms with Crippen LogP contribution in [0.3, 0.4) is 0 Å². The van der Waals surface area contributed by atoms with Crippen LogP contribution in [-0.2, 0) is 5.41 Å². The molecule has 0 amide bonds. The second-order valence-corrected chi connectivity index (χ2v) is 4.32. The quantitative estimate of drug-likeness (QED) is 0.688. The number of rotatable bonds is 2. The molecule has 3 heteroatoms. The lowest BCUT2D eigenvalue weighted by atomic mass is 9.93. The highest BCUT2D eigenvalue weighted by atomic mass is 15.1. The van der Waals surface area contributed by atoms with E-state index in [1.807, 2.05) is 6.07 Å². The van der Waals surface area contributed by atoms with E-state index in [2.05, 4.69) is 24.0 Å². The minimum absolute atomic E-state index is 0.170. The van der Waals surface area contributed by atoms with Gasteiger partial charge >= 0.3 is 0 Å². The number of hydrogen-bond acceptors (Lipinski definition) is 2. The van der Waals surface area contributed by atoms with E-state index in [1.165, 1.54) is 12.1 Å². The van der Waals surface area contributed by atoms with E-state index in [4.69, 9.17) is 5.73 Å². The average Bonchev–Trinajstić information content (AvgIpc) is 2.52. The Balaban J connectivity index is 2.34. The van der Waals surface area contributed by atoms with E-state index in [0.717, 1.165) is 0 Å². The largest absolute Gasteiger partial charge is 0.330 e. The van der Waals surface area contributed by atoms with Crippen molar-refractivity contribution in [2.24, 2.45) is 11.1 Å². The van der Waals surface area contributed by atoms with Gasteiger partial charge in [0.2, 0.25) is 0 Å². The van der Waals surface area contributed by atoms with Crippen LogP contribution in [0.15, 0.2) is 12.3 Å². The van der Waals surface area contributed by atoms with Gasteiger partial charge in [-0.05, 0) is 17.9 Å². The van der Waals surface area contributed by atoms with Crippen molar-refractivity contribution in [3.63, 3.8) is 0 Å². The molecular formula is C9H15N3. The number of nitrogens with one attached hydrogen (secondary N) is 1. The van der Waals surface area contributed by atoms with Gasteiger partial charge in [0.05, 0.1) is 0 Å². The van der Waals surface area contributed by atoms with Crippen LogP contribution in [0.1, 0.15) is 26.0 Å². The van der Waals surface area contributed by atoms with Crippen molar-refractivity contribution in [1.82, 2.24) is 10.2 Å². The highest BCUT2D eigenvalue weighted by molar-refractivity contribution is 5.31. The van der Waals surface area contributed by atoms with Crippen LogP contribution in [0.2, 0.25) is 0 Å². The molecule has 0 spiro atoms. The Bertz CT molecular complexity index is 276.